The van der Waals surface area contributed by atoms with Crippen LogP contribution in [0.4, 0.5) is 0 Å². The summed E-state index contributed by atoms with van der Waals surface area (Å²) in [4.78, 5) is 0. The molecule has 0 bridgehead atoms. The van der Waals surface area contributed by atoms with Gasteiger partial charge in [0.1, 0.15) is 0 Å². The fourth-order valence-electron chi connectivity index (χ4n) is 2.79. The maximum Gasteiger partial charge on any atom is -0.0234 e. The summed E-state index contributed by atoms with van der Waals surface area (Å²) in [6.07, 6.45) is 7.57. The average Bonchev–Trinajstić information content (AvgIpc) is 2.36. The predicted octanol–water partition coefficient (Wildman–Crippen LogP) is 5.26. The van der Waals surface area contributed by atoms with Gasteiger partial charge in [0.05, 0.1) is 0 Å². The van der Waals surface area contributed by atoms with E-state index >= 15 is 0 Å². The highest BCUT2D eigenvalue weighted by molar-refractivity contribution is 7.48. The Morgan fingerprint density at radius 1 is 0.842 bits per heavy atom. The lowest BCUT2D eigenvalue weighted by molar-refractivity contribution is 0.829. The van der Waals surface area contributed by atoms with Gasteiger partial charge < -0.3 is 0 Å². The second-order valence-corrected chi connectivity index (χ2v) is 7.76. The molecule has 0 spiro atoms. The van der Waals surface area contributed by atoms with Gasteiger partial charge in [-0.2, -0.15) is 0 Å². The van der Waals surface area contributed by atoms with Crippen molar-refractivity contribution in [3.8, 4) is 0 Å². The zero-order valence-electron chi connectivity index (χ0n) is 13.5. The molecule has 1 atom stereocenters. The van der Waals surface area contributed by atoms with Crippen molar-refractivity contribution in [2.45, 2.75) is 78.8 Å². The monoisotopic (exact) mass is 278 g/mol. The van der Waals surface area contributed by atoms with E-state index in [1.54, 1.807) is 22.0 Å². The van der Waals surface area contributed by atoms with Crippen LogP contribution in [0.2, 0.25) is 0 Å². The highest BCUT2D eigenvalue weighted by atomic mass is 31.1. The maximum absolute atomic E-state index is 2.42. The van der Waals surface area contributed by atoms with Gasteiger partial charge in [-0.1, -0.05) is 74.6 Å². The molecular formula is C18H31P. The fourth-order valence-corrected chi connectivity index (χ4v) is 4.04. The van der Waals surface area contributed by atoms with Crippen molar-refractivity contribution in [1.82, 2.24) is 0 Å². The first kappa shape index (κ1) is 16.7. The highest BCUT2D eigenvalue weighted by Gasteiger charge is 2.12. The molecule has 0 amide bonds. The van der Waals surface area contributed by atoms with Crippen LogP contribution in [0.5, 0.6) is 0 Å². The Balaban J connectivity index is 3.21. The average molecular weight is 278 g/mol. The normalized spacial score (nSPS) is 11.9. The van der Waals surface area contributed by atoms with E-state index in [2.05, 4.69) is 46.8 Å². The lowest BCUT2D eigenvalue weighted by atomic mass is 9.92. The second kappa shape index (κ2) is 8.75. The molecule has 1 aromatic rings. The van der Waals surface area contributed by atoms with E-state index in [1.165, 1.54) is 38.5 Å². The minimum absolute atomic E-state index is 0.780. The summed E-state index contributed by atoms with van der Waals surface area (Å²) in [5, 5.41) is 1.64. The van der Waals surface area contributed by atoms with Crippen molar-refractivity contribution in [2.75, 3.05) is 0 Å². The van der Waals surface area contributed by atoms with Crippen molar-refractivity contribution in [1.29, 1.82) is 0 Å². The van der Waals surface area contributed by atoms with Crippen LogP contribution in [0, 0.1) is 0 Å². The molecule has 1 unspecified atom stereocenters. The third-order valence-corrected chi connectivity index (χ3v) is 4.85. The van der Waals surface area contributed by atoms with Crippen LogP contribution in [0.15, 0.2) is 12.1 Å². The molecule has 0 N–H and O–H groups in total. The molecular weight excluding hydrogens is 247 g/mol. The molecule has 0 saturated heterocycles. The first-order chi connectivity index (χ1) is 9.13. The lowest BCUT2D eigenvalue weighted by Gasteiger charge is -2.19. The van der Waals surface area contributed by atoms with Crippen molar-refractivity contribution in [2.24, 2.45) is 0 Å². The van der Waals surface area contributed by atoms with Gasteiger partial charge in [0.15, 0.2) is 0 Å². The summed E-state index contributed by atoms with van der Waals surface area (Å²) in [7, 11) is 0.969. The van der Waals surface area contributed by atoms with E-state index in [9.17, 15) is 0 Å². The number of hydrogen-bond acceptors (Lipinski definition) is 0. The summed E-state index contributed by atoms with van der Waals surface area (Å²) < 4.78 is 0. The van der Waals surface area contributed by atoms with Crippen LogP contribution in [0.1, 0.15) is 70.6 Å². The molecule has 19 heavy (non-hydrogen) atoms. The first-order valence-electron chi connectivity index (χ1n) is 8.04. The van der Waals surface area contributed by atoms with E-state index in [1.807, 2.05) is 0 Å². The van der Waals surface area contributed by atoms with Crippen molar-refractivity contribution in [3.05, 3.63) is 28.8 Å². The van der Waals surface area contributed by atoms with Gasteiger partial charge >= 0.3 is 0 Å². The Hall–Kier alpha value is -0.350. The van der Waals surface area contributed by atoms with Gasteiger partial charge in [0.2, 0.25) is 0 Å². The van der Waals surface area contributed by atoms with Gasteiger partial charge in [-0.3, -0.25) is 0 Å². The third kappa shape index (κ3) is 4.92. The third-order valence-electron chi connectivity index (χ3n) is 3.49. The summed E-state index contributed by atoms with van der Waals surface area (Å²) in [6, 6.07) is 4.84. The summed E-state index contributed by atoms with van der Waals surface area (Å²) >= 11 is 0. The van der Waals surface area contributed by atoms with Crippen LogP contribution in [-0.2, 0) is 19.3 Å². The van der Waals surface area contributed by atoms with E-state index in [-0.39, 0.29) is 0 Å². The van der Waals surface area contributed by atoms with Gasteiger partial charge in [-0.25, -0.2) is 0 Å². The molecule has 0 radical (unpaired) electrons. The van der Waals surface area contributed by atoms with Gasteiger partial charge in [-0.05, 0) is 46.9 Å². The second-order valence-electron chi connectivity index (χ2n) is 5.78. The highest BCUT2D eigenvalue weighted by Crippen LogP contribution is 2.26. The van der Waals surface area contributed by atoms with E-state index in [4.69, 9.17) is 0 Å². The molecule has 108 valence electrons. The predicted molar refractivity (Wildman–Crippen MR) is 91.5 cm³/mol. The number of benzene rings is 1. The van der Waals surface area contributed by atoms with E-state index in [0.717, 1.165) is 14.2 Å². The molecule has 0 heterocycles. The largest absolute Gasteiger partial charge is 0.0875 e. The summed E-state index contributed by atoms with van der Waals surface area (Å²) in [6.45, 7) is 11.6. The molecule has 0 saturated carbocycles. The molecule has 0 nitrogen and oxygen atoms in total. The molecule has 1 aromatic carbocycles. The minimum atomic E-state index is 0.780. The molecule has 1 heteroatoms. The molecule has 0 aliphatic carbocycles. The minimum Gasteiger partial charge on any atom is -0.0875 e. The van der Waals surface area contributed by atoms with Gasteiger partial charge in [0, 0.05) is 0 Å². The Kier molecular flexibility index (Phi) is 7.69. The summed E-state index contributed by atoms with van der Waals surface area (Å²) in [5.74, 6) is 0. The molecule has 1 rings (SSSR count). The van der Waals surface area contributed by atoms with Crippen molar-refractivity contribution in [3.63, 3.8) is 0 Å². The quantitative estimate of drug-likeness (QED) is 0.569. The fraction of sp³-hybridized carbons (Fsp3) is 0.667. The zero-order chi connectivity index (χ0) is 14.3. The van der Waals surface area contributed by atoms with Gasteiger partial charge in [-0.15, -0.1) is 0 Å². The Labute approximate surface area is 122 Å². The SMILES string of the molecule is CCCc1ccc(PC(C)C)c(CCC)c1CCC. The Bertz CT molecular complexity index is 380. The smallest absolute Gasteiger partial charge is 0.0234 e. The van der Waals surface area contributed by atoms with E-state index < -0.39 is 0 Å². The Morgan fingerprint density at radius 2 is 1.42 bits per heavy atom. The van der Waals surface area contributed by atoms with Gasteiger partial charge in [0.25, 0.3) is 0 Å². The lowest BCUT2D eigenvalue weighted by Crippen LogP contribution is -2.13. The van der Waals surface area contributed by atoms with Crippen LogP contribution >= 0.6 is 8.58 Å². The molecule has 0 aliphatic heterocycles. The molecule has 0 aromatic heterocycles. The number of aryl methyl sites for hydroxylation is 1. The maximum atomic E-state index is 2.42. The van der Waals surface area contributed by atoms with Crippen molar-refractivity contribution < 1.29 is 0 Å². The number of rotatable bonds is 8. The van der Waals surface area contributed by atoms with Crippen molar-refractivity contribution >= 4 is 13.9 Å². The first-order valence-corrected chi connectivity index (χ1v) is 9.11. The topological polar surface area (TPSA) is 0 Å². The standard InChI is InChI=1S/C18H31P/c1-6-9-15-12-13-18(19-14(4)5)17(11-8-3)16(15)10-7-2/h12-14,19H,6-11H2,1-5H3. The summed E-state index contributed by atoms with van der Waals surface area (Å²) in [5.41, 5.74) is 5.78. The Morgan fingerprint density at radius 3 is 1.95 bits per heavy atom. The zero-order valence-corrected chi connectivity index (χ0v) is 14.5. The molecule has 0 fully saturated rings. The van der Waals surface area contributed by atoms with Crippen LogP contribution in [0.3, 0.4) is 0 Å². The van der Waals surface area contributed by atoms with Crippen LogP contribution in [0.25, 0.3) is 0 Å². The molecule has 0 aliphatic rings. The van der Waals surface area contributed by atoms with Crippen LogP contribution in [-0.4, -0.2) is 5.66 Å². The van der Waals surface area contributed by atoms with Crippen LogP contribution < -0.4 is 5.30 Å². The number of hydrogen-bond donors (Lipinski definition) is 0. The van der Waals surface area contributed by atoms with E-state index in [0.29, 0.717) is 0 Å².